The van der Waals surface area contributed by atoms with E-state index in [0.717, 1.165) is 50.5 Å². The van der Waals surface area contributed by atoms with Crippen LogP contribution in [-0.2, 0) is 6.54 Å². The van der Waals surface area contributed by atoms with Gasteiger partial charge < -0.3 is 14.0 Å². The van der Waals surface area contributed by atoms with Crippen molar-refractivity contribution in [2.24, 2.45) is 0 Å². The van der Waals surface area contributed by atoms with Crippen LogP contribution >= 0.6 is 11.6 Å². The Balaban J connectivity index is 1.72. The molecule has 2 aliphatic rings. The van der Waals surface area contributed by atoms with Crippen molar-refractivity contribution in [1.82, 2.24) is 14.8 Å². The maximum Gasteiger partial charge on any atom is 0.119 e. The zero-order valence-electron chi connectivity index (χ0n) is 17.2. The lowest BCUT2D eigenvalue weighted by molar-refractivity contribution is 0.414. The van der Waals surface area contributed by atoms with Gasteiger partial charge in [-0.15, -0.1) is 10.2 Å². The second-order valence-corrected chi connectivity index (χ2v) is 7.75. The topological polar surface area (TPSA) is 49.2 Å². The summed E-state index contributed by atoms with van der Waals surface area (Å²) in [6, 6.07) is 21.8. The van der Waals surface area contributed by atoms with E-state index < -0.39 is 0 Å². The molecule has 0 spiro atoms. The number of aromatic nitrogens is 3. The minimum absolute atomic E-state index is 0.682. The molecular formula is C25H20ClN3O2. The zero-order chi connectivity index (χ0) is 21.4. The van der Waals surface area contributed by atoms with Crippen LogP contribution in [-0.4, -0.2) is 29.0 Å². The SMILES string of the molecule is COc1cccc(Cn2cc3c(-c4ccc(Cl)cc4)nnc-3c3cc(OC)ccc32)c1. The lowest BCUT2D eigenvalue weighted by Crippen LogP contribution is -2.04. The molecule has 0 saturated carbocycles. The van der Waals surface area contributed by atoms with Crippen molar-refractivity contribution in [3.63, 3.8) is 0 Å². The van der Waals surface area contributed by atoms with Crippen LogP contribution in [0.3, 0.4) is 0 Å². The summed E-state index contributed by atoms with van der Waals surface area (Å²) in [6.07, 6.45) is 2.12. The average Bonchev–Trinajstić information content (AvgIpc) is 3.23. The van der Waals surface area contributed by atoms with Crippen molar-refractivity contribution in [2.45, 2.75) is 6.54 Å². The van der Waals surface area contributed by atoms with Gasteiger partial charge in [0.1, 0.15) is 22.9 Å². The Kier molecular flexibility index (Phi) is 4.96. The van der Waals surface area contributed by atoms with E-state index in [1.54, 1.807) is 14.2 Å². The first-order valence-electron chi connectivity index (χ1n) is 9.88. The Morgan fingerprint density at radius 2 is 1.58 bits per heavy atom. The summed E-state index contributed by atoms with van der Waals surface area (Å²) in [4.78, 5) is 0. The molecule has 2 heterocycles. The predicted octanol–water partition coefficient (Wildman–Crippen LogP) is 5.92. The fourth-order valence-electron chi connectivity index (χ4n) is 3.87. The van der Waals surface area contributed by atoms with E-state index in [0.29, 0.717) is 11.6 Å². The summed E-state index contributed by atoms with van der Waals surface area (Å²) in [5, 5.41) is 10.7. The molecule has 0 radical (unpaired) electrons. The summed E-state index contributed by atoms with van der Waals surface area (Å²) in [5.41, 5.74) is 5.82. The van der Waals surface area contributed by atoms with E-state index in [2.05, 4.69) is 33.1 Å². The predicted molar refractivity (Wildman–Crippen MR) is 123 cm³/mol. The van der Waals surface area contributed by atoms with E-state index in [-0.39, 0.29) is 0 Å². The highest BCUT2D eigenvalue weighted by Crippen LogP contribution is 2.38. The van der Waals surface area contributed by atoms with Crippen LogP contribution in [0.5, 0.6) is 11.5 Å². The summed E-state index contributed by atoms with van der Waals surface area (Å²) in [7, 11) is 3.35. The quantitative estimate of drug-likeness (QED) is 0.348. The van der Waals surface area contributed by atoms with Crippen molar-refractivity contribution in [3.05, 3.63) is 83.5 Å². The molecule has 0 fully saturated rings. The van der Waals surface area contributed by atoms with Gasteiger partial charge in [0.25, 0.3) is 0 Å². The summed E-state index contributed by atoms with van der Waals surface area (Å²) < 4.78 is 13.1. The number of ether oxygens (including phenoxy) is 2. The smallest absolute Gasteiger partial charge is 0.119 e. The highest BCUT2D eigenvalue weighted by atomic mass is 35.5. The van der Waals surface area contributed by atoms with Crippen LogP contribution < -0.4 is 9.47 Å². The second-order valence-electron chi connectivity index (χ2n) is 7.31. The Morgan fingerprint density at radius 1 is 0.839 bits per heavy atom. The van der Waals surface area contributed by atoms with Gasteiger partial charge in [0.2, 0.25) is 0 Å². The van der Waals surface area contributed by atoms with Crippen molar-refractivity contribution in [2.75, 3.05) is 14.2 Å². The van der Waals surface area contributed by atoms with Crippen LogP contribution in [0.4, 0.5) is 0 Å². The highest BCUT2D eigenvalue weighted by molar-refractivity contribution is 6.30. The van der Waals surface area contributed by atoms with E-state index in [1.165, 1.54) is 0 Å². The number of hydrogen-bond acceptors (Lipinski definition) is 4. The molecule has 6 heteroatoms. The molecule has 2 aliphatic heterocycles. The average molecular weight is 430 g/mol. The third-order valence-corrected chi connectivity index (χ3v) is 5.67. The Bertz CT molecular complexity index is 1350. The molecule has 154 valence electrons. The maximum absolute atomic E-state index is 6.08. The number of benzene rings is 3. The van der Waals surface area contributed by atoms with Crippen molar-refractivity contribution >= 4 is 22.5 Å². The van der Waals surface area contributed by atoms with E-state index in [9.17, 15) is 0 Å². The molecule has 5 rings (SSSR count). The fourth-order valence-corrected chi connectivity index (χ4v) is 3.99. The summed E-state index contributed by atoms with van der Waals surface area (Å²) in [6.45, 7) is 0.682. The molecule has 3 aromatic rings. The number of halogens is 1. The summed E-state index contributed by atoms with van der Waals surface area (Å²) in [5.74, 6) is 1.62. The van der Waals surface area contributed by atoms with E-state index in [4.69, 9.17) is 21.1 Å². The first kappa shape index (κ1) is 19.4. The van der Waals surface area contributed by atoms with Crippen LogP contribution in [0.2, 0.25) is 5.02 Å². The number of nitrogens with zero attached hydrogens (tertiary/aromatic N) is 3. The second kappa shape index (κ2) is 7.93. The van der Waals surface area contributed by atoms with E-state index in [1.807, 2.05) is 54.6 Å². The van der Waals surface area contributed by atoms with Crippen LogP contribution in [0, 0.1) is 0 Å². The first-order chi connectivity index (χ1) is 15.2. The number of fused-ring (bicyclic) bond motifs is 3. The van der Waals surface area contributed by atoms with Gasteiger partial charge in [0, 0.05) is 34.3 Å². The van der Waals surface area contributed by atoms with Gasteiger partial charge in [0.15, 0.2) is 0 Å². The normalized spacial score (nSPS) is 11.2. The van der Waals surface area contributed by atoms with Crippen molar-refractivity contribution < 1.29 is 9.47 Å². The molecule has 0 aromatic heterocycles. The third kappa shape index (κ3) is 3.57. The fraction of sp³-hybridized carbons (Fsp3) is 0.120. The largest absolute Gasteiger partial charge is 0.497 e. The number of hydrogen-bond donors (Lipinski definition) is 0. The molecule has 0 atom stereocenters. The van der Waals surface area contributed by atoms with Crippen LogP contribution in [0.1, 0.15) is 5.56 Å². The van der Waals surface area contributed by atoms with Gasteiger partial charge in [-0.25, -0.2) is 0 Å². The molecule has 0 aliphatic carbocycles. The maximum atomic E-state index is 6.08. The molecule has 5 nitrogen and oxygen atoms in total. The lowest BCUT2D eigenvalue weighted by atomic mass is 10.0. The standard InChI is InChI=1S/C25H20ClN3O2/c1-30-19-5-3-4-16(12-19)14-29-15-22-24(17-6-8-18(26)9-7-17)27-28-25(22)21-13-20(31-2)10-11-23(21)29/h3-13,15H,14H2,1-2H3. The minimum Gasteiger partial charge on any atom is -0.497 e. The lowest BCUT2D eigenvalue weighted by Gasteiger charge is -2.16. The summed E-state index contributed by atoms with van der Waals surface area (Å²) >= 11 is 6.08. The molecule has 0 N–H and O–H groups in total. The molecule has 0 unspecified atom stereocenters. The van der Waals surface area contributed by atoms with Crippen molar-refractivity contribution in [3.8, 4) is 34.0 Å². The van der Waals surface area contributed by atoms with Gasteiger partial charge in [-0.3, -0.25) is 0 Å². The monoisotopic (exact) mass is 429 g/mol. The Labute approximate surface area is 185 Å². The van der Waals surface area contributed by atoms with Crippen LogP contribution in [0.15, 0.2) is 72.9 Å². The molecule has 0 amide bonds. The molecular weight excluding hydrogens is 410 g/mol. The number of rotatable bonds is 5. The van der Waals surface area contributed by atoms with Gasteiger partial charge in [-0.1, -0.05) is 35.9 Å². The van der Waals surface area contributed by atoms with Gasteiger partial charge in [-0.2, -0.15) is 0 Å². The van der Waals surface area contributed by atoms with Gasteiger partial charge in [0.05, 0.1) is 19.7 Å². The zero-order valence-corrected chi connectivity index (χ0v) is 17.9. The van der Waals surface area contributed by atoms with Gasteiger partial charge >= 0.3 is 0 Å². The number of methoxy groups -OCH3 is 2. The van der Waals surface area contributed by atoms with Gasteiger partial charge in [-0.05, 0) is 48.0 Å². The van der Waals surface area contributed by atoms with Crippen LogP contribution in [0.25, 0.3) is 33.4 Å². The number of pyridine rings is 1. The molecule has 3 aromatic carbocycles. The minimum atomic E-state index is 0.682. The van der Waals surface area contributed by atoms with Crippen molar-refractivity contribution in [1.29, 1.82) is 0 Å². The molecule has 0 saturated heterocycles. The first-order valence-corrected chi connectivity index (χ1v) is 10.3. The highest BCUT2D eigenvalue weighted by Gasteiger charge is 2.20. The van der Waals surface area contributed by atoms with E-state index >= 15 is 0 Å². The third-order valence-electron chi connectivity index (χ3n) is 5.42. The molecule has 31 heavy (non-hydrogen) atoms. The Morgan fingerprint density at radius 3 is 2.35 bits per heavy atom. The molecule has 0 bridgehead atoms. The Hall–Kier alpha value is -3.57.